The molecule has 0 aliphatic heterocycles. The number of ether oxygens (including phenoxy) is 1. The van der Waals surface area contributed by atoms with Crippen LogP contribution in [0.4, 0.5) is 0 Å². The molecule has 0 saturated carbocycles. The molecule has 0 unspecified atom stereocenters. The Morgan fingerprint density at radius 2 is 2.29 bits per heavy atom. The smallest absolute Gasteiger partial charge is 0.287 e. The van der Waals surface area contributed by atoms with E-state index in [4.69, 9.17) is 9.15 Å². The predicted octanol–water partition coefficient (Wildman–Crippen LogP) is 2.58. The maximum Gasteiger partial charge on any atom is 0.287 e. The van der Waals surface area contributed by atoms with Crippen molar-refractivity contribution < 1.29 is 13.9 Å². The van der Waals surface area contributed by atoms with Crippen LogP contribution in [-0.4, -0.2) is 19.6 Å². The molecule has 0 saturated heterocycles. The van der Waals surface area contributed by atoms with Crippen LogP contribution in [-0.2, 0) is 0 Å². The van der Waals surface area contributed by atoms with E-state index in [9.17, 15) is 4.79 Å². The van der Waals surface area contributed by atoms with Crippen LogP contribution >= 0.6 is 0 Å². The van der Waals surface area contributed by atoms with Gasteiger partial charge in [-0.3, -0.25) is 4.79 Å². The zero-order valence-corrected chi connectivity index (χ0v) is 9.95. The van der Waals surface area contributed by atoms with Gasteiger partial charge in [0.05, 0.1) is 7.11 Å². The summed E-state index contributed by atoms with van der Waals surface area (Å²) < 4.78 is 10.7. The van der Waals surface area contributed by atoms with Crippen LogP contribution in [0.3, 0.4) is 0 Å². The summed E-state index contributed by atoms with van der Waals surface area (Å²) in [6.07, 6.45) is 0.898. The number of amides is 1. The average molecular weight is 233 g/mol. The van der Waals surface area contributed by atoms with E-state index in [0.717, 1.165) is 11.8 Å². The Kier molecular flexibility index (Phi) is 3.32. The van der Waals surface area contributed by atoms with Crippen LogP contribution in [0.25, 0.3) is 11.0 Å². The highest BCUT2D eigenvalue weighted by Gasteiger charge is 2.13. The number of rotatable bonds is 4. The fourth-order valence-corrected chi connectivity index (χ4v) is 1.63. The summed E-state index contributed by atoms with van der Waals surface area (Å²) in [5, 5.41) is 3.64. The van der Waals surface area contributed by atoms with Crippen molar-refractivity contribution in [2.24, 2.45) is 0 Å². The minimum Gasteiger partial charge on any atom is -0.493 e. The zero-order valence-electron chi connectivity index (χ0n) is 9.95. The predicted molar refractivity (Wildman–Crippen MR) is 65.4 cm³/mol. The van der Waals surface area contributed by atoms with Gasteiger partial charge >= 0.3 is 0 Å². The Balaban J connectivity index is 2.34. The SMILES string of the molecule is CCCNC(=O)c1cc2cccc(OC)c2o1. The quantitative estimate of drug-likeness (QED) is 0.883. The average Bonchev–Trinajstić information content (AvgIpc) is 2.79. The Morgan fingerprint density at radius 3 is 3.00 bits per heavy atom. The molecular weight excluding hydrogens is 218 g/mol. The first-order chi connectivity index (χ1) is 8.26. The summed E-state index contributed by atoms with van der Waals surface area (Å²) in [5.41, 5.74) is 0.608. The molecule has 0 spiro atoms. The van der Waals surface area contributed by atoms with Gasteiger partial charge in [0.15, 0.2) is 17.1 Å². The Hall–Kier alpha value is -1.97. The van der Waals surface area contributed by atoms with Crippen molar-refractivity contribution in [3.8, 4) is 5.75 Å². The van der Waals surface area contributed by atoms with Gasteiger partial charge in [-0.05, 0) is 18.6 Å². The van der Waals surface area contributed by atoms with Crippen molar-refractivity contribution in [3.63, 3.8) is 0 Å². The Morgan fingerprint density at radius 1 is 1.47 bits per heavy atom. The first-order valence-electron chi connectivity index (χ1n) is 5.61. The zero-order chi connectivity index (χ0) is 12.3. The van der Waals surface area contributed by atoms with Crippen LogP contribution in [0.15, 0.2) is 28.7 Å². The first kappa shape index (κ1) is 11.5. The van der Waals surface area contributed by atoms with Gasteiger partial charge in [-0.1, -0.05) is 19.1 Å². The molecule has 4 heteroatoms. The maximum absolute atomic E-state index is 11.7. The number of carbonyl (C=O) groups is 1. The van der Waals surface area contributed by atoms with Gasteiger partial charge in [-0.25, -0.2) is 0 Å². The maximum atomic E-state index is 11.7. The summed E-state index contributed by atoms with van der Waals surface area (Å²) in [4.78, 5) is 11.7. The number of nitrogens with one attached hydrogen (secondary N) is 1. The molecule has 1 amide bonds. The fraction of sp³-hybridized carbons (Fsp3) is 0.308. The van der Waals surface area contributed by atoms with E-state index in [1.165, 1.54) is 0 Å². The molecule has 0 aliphatic rings. The second-order valence-corrected chi connectivity index (χ2v) is 3.75. The molecule has 1 aromatic carbocycles. The fourth-order valence-electron chi connectivity index (χ4n) is 1.63. The molecule has 0 radical (unpaired) electrons. The van der Waals surface area contributed by atoms with Gasteiger partial charge in [-0.15, -0.1) is 0 Å². The number of hydrogen-bond acceptors (Lipinski definition) is 3. The van der Waals surface area contributed by atoms with E-state index in [0.29, 0.717) is 23.6 Å². The number of hydrogen-bond donors (Lipinski definition) is 1. The number of furan rings is 1. The molecule has 2 aromatic rings. The lowest BCUT2D eigenvalue weighted by atomic mass is 10.2. The number of para-hydroxylation sites is 1. The van der Waals surface area contributed by atoms with Crippen molar-refractivity contribution in [2.45, 2.75) is 13.3 Å². The van der Waals surface area contributed by atoms with E-state index >= 15 is 0 Å². The van der Waals surface area contributed by atoms with Gasteiger partial charge in [0.2, 0.25) is 0 Å². The molecule has 0 aliphatic carbocycles. The highest BCUT2D eigenvalue weighted by molar-refractivity contribution is 5.97. The third-order valence-corrected chi connectivity index (χ3v) is 2.49. The molecule has 2 rings (SSSR count). The van der Waals surface area contributed by atoms with Gasteiger partial charge in [0.1, 0.15) is 0 Å². The summed E-state index contributed by atoms with van der Waals surface area (Å²) in [7, 11) is 1.58. The van der Waals surface area contributed by atoms with E-state index in [2.05, 4.69) is 5.32 Å². The van der Waals surface area contributed by atoms with E-state index in [1.54, 1.807) is 19.2 Å². The van der Waals surface area contributed by atoms with Crippen LogP contribution in [0, 0.1) is 0 Å². The molecule has 90 valence electrons. The minimum absolute atomic E-state index is 0.190. The van der Waals surface area contributed by atoms with Crippen LogP contribution in [0.2, 0.25) is 0 Å². The highest BCUT2D eigenvalue weighted by Crippen LogP contribution is 2.28. The molecule has 1 aromatic heterocycles. The summed E-state index contributed by atoms with van der Waals surface area (Å²) in [5.74, 6) is 0.764. The third-order valence-electron chi connectivity index (χ3n) is 2.49. The lowest BCUT2D eigenvalue weighted by Gasteiger charge is -2.00. The third kappa shape index (κ3) is 2.25. The molecule has 17 heavy (non-hydrogen) atoms. The van der Waals surface area contributed by atoms with E-state index < -0.39 is 0 Å². The van der Waals surface area contributed by atoms with Crippen molar-refractivity contribution in [3.05, 3.63) is 30.0 Å². The van der Waals surface area contributed by atoms with Gasteiger partial charge in [-0.2, -0.15) is 0 Å². The Labute approximate surface area is 99.6 Å². The van der Waals surface area contributed by atoms with Gasteiger partial charge in [0.25, 0.3) is 5.91 Å². The van der Waals surface area contributed by atoms with Crippen molar-refractivity contribution in [1.29, 1.82) is 0 Å². The number of carbonyl (C=O) groups excluding carboxylic acids is 1. The van der Waals surface area contributed by atoms with Crippen molar-refractivity contribution in [1.82, 2.24) is 5.32 Å². The second-order valence-electron chi connectivity index (χ2n) is 3.75. The normalized spacial score (nSPS) is 10.5. The lowest BCUT2D eigenvalue weighted by molar-refractivity contribution is 0.0928. The topological polar surface area (TPSA) is 51.5 Å². The number of fused-ring (bicyclic) bond motifs is 1. The summed E-state index contributed by atoms with van der Waals surface area (Å²) >= 11 is 0. The minimum atomic E-state index is -0.190. The number of benzene rings is 1. The van der Waals surface area contributed by atoms with Crippen LogP contribution in [0.5, 0.6) is 5.75 Å². The molecule has 4 nitrogen and oxygen atoms in total. The van der Waals surface area contributed by atoms with Gasteiger partial charge < -0.3 is 14.5 Å². The van der Waals surface area contributed by atoms with Crippen molar-refractivity contribution in [2.75, 3.05) is 13.7 Å². The molecule has 0 atom stereocenters. The van der Waals surface area contributed by atoms with Crippen LogP contribution < -0.4 is 10.1 Å². The second kappa shape index (κ2) is 4.91. The summed E-state index contributed by atoms with van der Waals surface area (Å²) in [6, 6.07) is 7.28. The first-order valence-corrected chi connectivity index (χ1v) is 5.61. The monoisotopic (exact) mass is 233 g/mol. The molecule has 1 heterocycles. The largest absolute Gasteiger partial charge is 0.493 e. The van der Waals surface area contributed by atoms with E-state index in [1.807, 2.05) is 19.1 Å². The Bertz CT molecular complexity index is 530. The van der Waals surface area contributed by atoms with Crippen LogP contribution in [0.1, 0.15) is 23.9 Å². The van der Waals surface area contributed by atoms with E-state index in [-0.39, 0.29) is 5.91 Å². The standard InChI is InChI=1S/C13H15NO3/c1-3-7-14-13(15)11-8-9-5-4-6-10(16-2)12(9)17-11/h4-6,8H,3,7H2,1-2H3,(H,14,15). The summed E-state index contributed by atoms with van der Waals surface area (Å²) in [6.45, 7) is 2.65. The number of methoxy groups -OCH3 is 1. The van der Waals surface area contributed by atoms with Gasteiger partial charge in [0, 0.05) is 11.9 Å². The highest BCUT2D eigenvalue weighted by atomic mass is 16.5. The molecular formula is C13H15NO3. The van der Waals surface area contributed by atoms with Crippen molar-refractivity contribution >= 4 is 16.9 Å². The lowest BCUT2D eigenvalue weighted by Crippen LogP contribution is -2.23. The molecule has 1 N–H and O–H groups in total. The molecule has 0 bridgehead atoms. The molecule has 0 fully saturated rings.